The zero-order valence-corrected chi connectivity index (χ0v) is 15.3. The maximum atomic E-state index is 12.3. The maximum Gasteiger partial charge on any atom is 0.341 e. The van der Waals surface area contributed by atoms with Crippen LogP contribution in [0.3, 0.4) is 0 Å². The number of rotatable bonds is 4. The van der Waals surface area contributed by atoms with E-state index in [0.717, 1.165) is 31.2 Å². The molecule has 1 aliphatic rings. The predicted octanol–water partition coefficient (Wildman–Crippen LogP) is 3.27. The molecule has 23 heavy (non-hydrogen) atoms. The highest BCUT2D eigenvalue weighted by Gasteiger charge is 2.27. The van der Waals surface area contributed by atoms with Gasteiger partial charge in [0.1, 0.15) is 5.00 Å². The van der Waals surface area contributed by atoms with Crippen LogP contribution < -0.4 is 10.6 Å². The Bertz CT molecular complexity index is 623. The van der Waals surface area contributed by atoms with Gasteiger partial charge in [-0.25, -0.2) is 4.79 Å². The van der Waals surface area contributed by atoms with Crippen LogP contribution in [0.4, 0.5) is 5.00 Å². The number of hydrogen-bond donors (Lipinski definition) is 2. The van der Waals surface area contributed by atoms with Crippen LogP contribution in [0.2, 0.25) is 0 Å². The molecule has 2 rings (SSSR count). The summed E-state index contributed by atoms with van der Waals surface area (Å²) in [5.74, 6) is -0.635. The van der Waals surface area contributed by atoms with Crippen LogP contribution in [0.25, 0.3) is 0 Å². The smallest absolute Gasteiger partial charge is 0.341 e. The molecule has 0 fully saturated rings. The highest BCUT2D eigenvalue weighted by molar-refractivity contribution is 7.80. The third kappa shape index (κ3) is 4.29. The van der Waals surface area contributed by atoms with Crippen LogP contribution in [0.15, 0.2) is 0 Å². The molecule has 0 saturated heterocycles. The lowest BCUT2D eigenvalue weighted by Gasteiger charge is -2.13. The minimum atomic E-state index is -0.326. The Morgan fingerprint density at radius 3 is 2.65 bits per heavy atom. The van der Waals surface area contributed by atoms with E-state index in [1.54, 1.807) is 20.8 Å². The first-order valence-corrected chi connectivity index (χ1v) is 9.10. The lowest BCUT2D eigenvalue weighted by molar-refractivity contribution is -0.122. The molecular formula is C16H22N2O3S2. The molecule has 126 valence electrons. The Hall–Kier alpha value is -1.47. The van der Waals surface area contributed by atoms with Crippen LogP contribution in [0.1, 0.15) is 54.4 Å². The van der Waals surface area contributed by atoms with Gasteiger partial charge in [-0.05, 0) is 50.4 Å². The molecule has 5 nitrogen and oxygen atoms in total. The molecule has 1 amide bonds. The second kappa shape index (κ2) is 7.88. The van der Waals surface area contributed by atoms with Gasteiger partial charge < -0.3 is 15.4 Å². The number of hydrogen-bond acceptors (Lipinski definition) is 5. The van der Waals surface area contributed by atoms with E-state index >= 15 is 0 Å². The summed E-state index contributed by atoms with van der Waals surface area (Å²) in [6.45, 7) is 5.71. The zero-order valence-electron chi connectivity index (χ0n) is 13.7. The molecule has 7 heteroatoms. The summed E-state index contributed by atoms with van der Waals surface area (Å²) in [6.07, 6.45) is 4.06. The molecule has 0 saturated carbocycles. The van der Waals surface area contributed by atoms with Crippen molar-refractivity contribution in [2.24, 2.45) is 5.92 Å². The van der Waals surface area contributed by atoms with Crippen LogP contribution in [0, 0.1) is 5.92 Å². The number of aryl methyl sites for hydroxylation is 1. The quantitative estimate of drug-likeness (QED) is 0.642. The number of esters is 1. The van der Waals surface area contributed by atoms with Crippen LogP contribution in [-0.2, 0) is 22.4 Å². The molecule has 1 aromatic rings. The van der Waals surface area contributed by atoms with Crippen molar-refractivity contribution in [3.63, 3.8) is 0 Å². The fourth-order valence-electron chi connectivity index (χ4n) is 2.46. The number of nitrogens with one attached hydrogen (secondary N) is 2. The van der Waals surface area contributed by atoms with Gasteiger partial charge in [-0.2, -0.15) is 0 Å². The fourth-order valence-corrected chi connectivity index (χ4v) is 4.01. The average Bonchev–Trinajstić information content (AvgIpc) is 2.84. The summed E-state index contributed by atoms with van der Waals surface area (Å²) in [5.41, 5.74) is 1.65. The summed E-state index contributed by atoms with van der Waals surface area (Å²) >= 11 is 6.72. The number of thiocarbonyl (C=S) groups is 1. The number of amides is 1. The third-order valence-corrected chi connectivity index (χ3v) is 5.05. The van der Waals surface area contributed by atoms with E-state index in [1.165, 1.54) is 16.2 Å². The molecule has 0 aromatic carbocycles. The van der Waals surface area contributed by atoms with Crippen molar-refractivity contribution < 1.29 is 14.3 Å². The summed E-state index contributed by atoms with van der Waals surface area (Å²) in [5, 5.41) is 6.54. The first kappa shape index (κ1) is 17.9. The molecule has 0 unspecified atom stereocenters. The number of ether oxygens (including phenoxy) is 1. The number of thiophene rings is 1. The van der Waals surface area contributed by atoms with Crippen LogP contribution >= 0.6 is 23.6 Å². The Balaban J connectivity index is 2.23. The number of carbonyl (C=O) groups excluding carboxylic acids is 2. The van der Waals surface area contributed by atoms with E-state index < -0.39 is 0 Å². The first-order chi connectivity index (χ1) is 10.9. The third-order valence-electron chi connectivity index (χ3n) is 3.64. The largest absolute Gasteiger partial charge is 0.462 e. The van der Waals surface area contributed by atoms with Crippen molar-refractivity contribution in [2.75, 3.05) is 11.9 Å². The minimum absolute atomic E-state index is 0.151. The van der Waals surface area contributed by atoms with Crippen molar-refractivity contribution in [1.82, 2.24) is 5.32 Å². The van der Waals surface area contributed by atoms with E-state index in [0.29, 0.717) is 17.2 Å². The monoisotopic (exact) mass is 354 g/mol. The normalized spacial score (nSPS) is 13.4. The molecule has 0 aliphatic heterocycles. The second-order valence-corrected chi connectivity index (χ2v) is 7.25. The maximum absolute atomic E-state index is 12.3. The average molecular weight is 354 g/mol. The van der Waals surface area contributed by atoms with Crippen molar-refractivity contribution in [1.29, 1.82) is 0 Å². The number of anilines is 1. The summed E-state index contributed by atoms with van der Waals surface area (Å²) < 4.78 is 5.19. The fraction of sp³-hybridized carbons (Fsp3) is 0.562. The van der Waals surface area contributed by atoms with Gasteiger partial charge in [-0.3, -0.25) is 4.79 Å². The van der Waals surface area contributed by atoms with Crippen molar-refractivity contribution in [3.05, 3.63) is 16.0 Å². The molecule has 0 radical (unpaired) electrons. The minimum Gasteiger partial charge on any atom is -0.462 e. The highest BCUT2D eigenvalue weighted by atomic mass is 32.1. The topological polar surface area (TPSA) is 67.4 Å². The Morgan fingerprint density at radius 2 is 2.00 bits per heavy atom. The molecule has 1 aliphatic carbocycles. The number of fused-ring (bicyclic) bond motifs is 1. The summed E-state index contributed by atoms with van der Waals surface area (Å²) in [7, 11) is 0. The van der Waals surface area contributed by atoms with Crippen molar-refractivity contribution in [3.8, 4) is 0 Å². The van der Waals surface area contributed by atoms with Gasteiger partial charge in [0.15, 0.2) is 5.11 Å². The zero-order chi connectivity index (χ0) is 17.0. The van der Waals surface area contributed by atoms with E-state index in [4.69, 9.17) is 17.0 Å². The van der Waals surface area contributed by atoms with Gasteiger partial charge in [0.05, 0.1) is 12.2 Å². The Labute approximate surface area is 145 Å². The van der Waals surface area contributed by atoms with Crippen molar-refractivity contribution >= 4 is 45.5 Å². The highest BCUT2D eigenvalue weighted by Crippen LogP contribution is 2.38. The molecular weight excluding hydrogens is 332 g/mol. The van der Waals surface area contributed by atoms with E-state index in [9.17, 15) is 9.59 Å². The molecule has 1 heterocycles. The van der Waals surface area contributed by atoms with E-state index in [1.807, 2.05) is 0 Å². The Kier molecular flexibility index (Phi) is 6.12. The van der Waals surface area contributed by atoms with Crippen molar-refractivity contribution in [2.45, 2.75) is 46.5 Å². The second-order valence-electron chi connectivity index (χ2n) is 5.73. The Morgan fingerprint density at radius 1 is 1.30 bits per heavy atom. The van der Waals surface area contributed by atoms with Gasteiger partial charge in [-0.15, -0.1) is 11.3 Å². The van der Waals surface area contributed by atoms with Crippen LogP contribution in [0.5, 0.6) is 0 Å². The molecule has 0 spiro atoms. The lowest BCUT2D eigenvalue weighted by Crippen LogP contribution is -2.36. The van der Waals surface area contributed by atoms with Gasteiger partial charge in [0, 0.05) is 10.8 Å². The molecule has 2 N–H and O–H groups in total. The molecule has 0 atom stereocenters. The summed E-state index contributed by atoms with van der Waals surface area (Å²) in [6, 6.07) is 0. The molecule has 1 aromatic heterocycles. The van der Waals surface area contributed by atoms with Gasteiger partial charge in [-0.1, -0.05) is 13.8 Å². The molecule has 0 bridgehead atoms. The number of carbonyl (C=O) groups is 2. The van der Waals surface area contributed by atoms with Crippen LogP contribution in [-0.4, -0.2) is 23.6 Å². The van der Waals surface area contributed by atoms with E-state index in [-0.39, 0.29) is 22.9 Å². The summed E-state index contributed by atoms with van der Waals surface area (Å²) in [4.78, 5) is 25.3. The predicted molar refractivity (Wildman–Crippen MR) is 96.1 cm³/mol. The standard InChI is InChI=1S/C16H22N2O3S2/c1-4-21-15(20)12-10-7-5-6-8-11(10)23-14(12)18-16(22)17-13(19)9(2)3/h9H,4-8H2,1-3H3,(H2,17,18,19,22). The van der Waals surface area contributed by atoms with Gasteiger partial charge in [0.25, 0.3) is 0 Å². The van der Waals surface area contributed by atoms with Gasteiger partial charge >= 0.3 is 5.97 Å². The lowest BCUT2D eigenvalue weighted by atomic mass is 9.95. The van der Waals surface area contributed by atoms with Gasteiger partial charge in [0.2, 0.25) is 5.91 Å². The van der Waals surface area contributed by atoms with E-state index in [2.05, 4.69) is 10.6 Å². The SMILES string of the molecule is CCOC(=O)c1c(NC(=S)NC(=O)C(C)C)sc2c1CCCC2. The first-order valence-electron chi connectivity index (χ1n) is 7.87.